The van der Waals surface area contributed by atoms with Gasteiger partial charge < -0.3 is 10.5 Å². The van der Waals surface area contributed by atoms with Crippen LogP contribution in [0.2, 0.25) is 0 Å². The molecule has 0 unspecified atom stereocenters. The zero-order valence-corrected chi connectivity index (χ0v) is 16.2. The second kappa shape index (κ2) is 9.24. The largest absolute Gasteiger partial charge is 0.383 e. The molecule has 0 aromatic heterocycles. The van der Waals surface area contributed by atoms with Crippen LogP contribution in [0.25, 0.3) is 0 Å². The Balaban J connectivity index is 2.96. The number of nitrogens with two attached hydrogens (primary N) is 1. The summed E-state index contributed by atoms with van der Waals surface area (Å²) in [5, 5.41) is -0.494. The fourth-order valence-corrected chi connectivity index (χ4v) is 2.46. The number of amidine groups is 2. The van der Waals surface area contributed by atoms with Gasteiger partial charge in [0.1, 0.15) is 18.4 Å². The van der Waals surface area contributed by atoms with Crippen LogP contribution in [0, 0.1) is 11.7 Å². The third-order valence-corrected chi connectivity index (χ3v) is 4.26. The molecule has 0 aliphatic heterocycles. The highest BCUT2D eigenvalue weighted by Gasteiger charge is 2.15. The molecule has 1 aromatic carbocycles. The Morgan fingerprint density at radius 3 is 2.62 bits per heavy atom. The van der Waals surface area contributed by atoms with E-state index in [9.17, 15) is 12.8 Å². The molecule has 0 bridgehead atoms. The molecule has 9 heteroatoms. The van der Waals surface area contributed by atoms with Crippen LogP contribution < -0.4 is 5.73 Å². The van der Waals surface area contributed by atoms with Crippen molar-refractivity contribution < 1.29 is 17.5 Å². The first-order chi connectivity index (χ1) is 11.1. The van der Waals surface area contributed by atoms with Crippen LogP contribution in [0.3, 0.4) is 0 Å². The predicted octanol–water partition coefficient (Wildman–Crippen LogP) is 2.71. The number of aliphatic imine (C=N–C) groups is 2. The van der Waals surface area contributed by atoms with Gasteiger partial charge in [-0.15, -0.1) is 0 Å². The number of sulfone groups is 1. The molecule has 134 valence electrons. The lowest BCUT2D eigenvalue weighted by Gasteiger charge is -2.06. The van der Waals surface area contributed by atoms with Crippen molar-refractivity contribution in [2.45, 2.75) is 20.3 Å². The maximum absolute atomic E-state index is 13.9. The van der Waals surface area contributed by atoms with Gasteiger partial charge in [0.25, 0.3) is 0 Å². The minimum absolute atomic E-state index is 0.00437. The van der Waals surface area contributed by atoms with Gasteiger partial charge in [0, 0.05) is 17.3 Å². The van der Waals surface area contributed by atoms with E-state index in [2.05, 4.69) is 25.9 Å². The quantitative estimate of drug-likeness (QED) is 0.433. The Morgan fingerprint density at radius 2 is 2.08 bits per heavy atom. The molecule has 0 spiro atoms. The van der Waals surface area contributed by atoms with Crippen LogP contribution >= 0.6 is 15.9 Å². The van der Waals surface area contributed by atoms with Crippen molar-refractivity contribution in [2.75, 3.05) is 19.6 Å². The van der Waals surface area contributed by atoms with Crippen LogP contribution in [0.15, 0.2) is 32.7 Å². The lowest BCUT2D eigenvalue weighted by molar-refractivity contribution is 0.131. The first-order valence-corrected chi connectivity index (χ1v) is 9.91. The molecule has 2 N–H and O–H groups in total. The van der Waals surface area contributed by atoms with Crippen molar-refractivity contribution in [1.82, 2.24) is 0 Å². The minimum Gasteiger partial charge on any atom is -0.383 e. The maximum atomic E-state index is 13.9. The Hall–Kier alpha value is -1.32. The second-order valence-corrected chi connectivity index (χ2v) is 8.38. The molecular weight excluding hydrogens is 401 g/mol. The molecule has 0 amide bonds. The van der Waals surface area contributed by atoms with Crippen molar-refractivity contribution in [1.29, 1.82) is 0 Å². The molecule has 0 saturated carbocycles. The molecule has 0 heterocycles. The lowest BCUT2D eigenvalue weighted by Crippen LogP contribution is -2.21. The Bertz CT molecular complexity index is 733. The topological polar surface area (TPSA) is 94.1 Å². The average Bonchev–Trinajstić information content (AvgIpc) is 2.43. The Labute approximate surface area is 150 Å². The van der Waals surface area contributed by atoms with Crippen LogP contribution in [-0.4, -0.2) is 39.0 Å². The first kappa shape index (κ1) is 20.7. The van der Waals surface area contributed by atoms with Gasteiger partial charge in [-0.2, -0.15) is 0 Å². The third kappa shape index (κ3) is 7.06. The van der Waals surface area contributed by atoms with E-state index in [1.54, 1.807) is 6.07 Å². The summed E-state index contributed by atoms with van der Waals surface area (Å²) in [6.07, 6.45) is 1.79. The van der Waals surface area contributed by atoms with Crippen molar-refractivity contribution in [3.8, 4) is 0 Å². The van der Waals surface area contributed by atoms with Gasteiger partial charge >= 0.3 is 0 Å². The molecule has 0 radical (unpaired) electrons. The molecule has 0 aliphatic carbocycles. The standard InChI is InChI=1S/C15H21BrFN3O3S/c1-10(2)6-7-23-9-19-15(24(3,21)22)20-14(18)12-5-4-11(16)8-13(12)17/h4-5,8,10H,6-7,9H2,1-3H3,(H2,18,19,20). The van der Waals surface area contributed by atoms with Crippen molar-refractivity contribution >= 4 is 36.8 Å². The normalized spacial score (nSPS) is 13.6. The minimum atomic E-state index is -3.72. The number of nitrogens with zero attached hydrogens (tertiary/aromatic N) is 2. The number of hydrogen-bond donors (Lipinski definition) is 1. The van der Waals surface area contributed by atoms with Crippen LogP contribution in [-0.2, 0) is 14.6 Å². The van der Waals surface area contributed by atoms with E-state index >= 15 is 0 Å². The third-order valence-electron chi connectivity index (χ3n) is 2.89. The highest BCUT2D eigenvalue weighted by atomic mass is 79.9. The number of benzene rings is 1. The highest BCUT2D eigenvalue weighted by molar-refractivity contribution is 9.10. The van der Waals surface area contributed by atoms with Crippen LogP contribution in [0.1, 0.15) is 25.8 Å². The van der Waals surface area contributed by atoms with E-state index in [4.69, 9.17) is 10.5 Å². The molecule has 0 fully saturated rings. The van der Waals surface area contributed by atoms with Gasteiger partial charge in [0.15, 0.2) is 0 Å². The smallest absolute Gasteiger partial charge is 0.246 e. The van der Waals surface area contributed by atoms with Gasteiger partial charge in [0.05, 0.1) is 5.56 Å². The van der Waals surface area contributed by atoms with Gasteiger partial charge in [-0.05, 0) is 30.5 Å². The zero-order chi connectivity index (χ0) is 18.3. The molecule has 24 heavy (non-hydrogen) atoms. The molecule has 1 aromatic rings. The summed E-state index contributed by atoms with van der Waals surface area (Å²) in [4.78, 5) is 7.57. The number of ether oxygens (including phenoxy) is 1. The second-order valence-electron chi connectivity index (χ2n) is 5.55. The van der Waals surface area contributed by atoms with Gasteiger partial charge in [-0.25, -0.2) is 22.8 Å². The average molecular weight is 422 g/mol. The van der Waals surface area contributed by atoms with Crippen molar-refractivity contribution in [3.63, 3.8) is 0 Å². The Morgan fingerprint density at radius 1 is 1.42 bits per heavy atom. The summed E-state index contributed by atoms with van der Waals surface area (Å²) < 4.78 is 43.2. The molecule has 0 atom stereocenters. The summed E-state index contributed by atoms with van der Waals surface area (Å²) in [6, 6.07) is 4.19. The van der Waals surface area contributed by atoms with E-state index in [1.807, 2.05) is 13.8 Å². The van der Waals surface area contributed by atoms with Crippen LogP contribution in [0.5, 0.6) is 0 Å². The van der Waals surface area contributed by atoms with Gasteiger partial charge in [-0.1, -0.05) is 29.8 Å². The van der Waals surface area contributed by atoms with E-state index in [-0.39, 0.29) is 18.1 Å². The lowest BCUT2D eigenvalue weighted by atomic mass is 10.1. The molecule has 6 nitrogen and oxygen atoms in total. The molecule has 0 saturated heterocycles. The Kier molecular flexibility index (Phi) is 7.98. The van der Waals surface area contributed by atoms with E-state index < -0.39 is 20.8 Å². The van der Waals surface area contributed by atoms with E-state index in [0.717, 1.165) is 12.7 Å². The predicted molar refractivity (Wildman–Crippen MR) is 97.4 cm³/mol. The van der Waals surface area contributed by atoms with E-state index in [1.165, 1.54) is 12.1 Å². The monoisotopic (exact) mass is 421 g/mol. The van der Waals surface area contributed by atoms with Gasteiger partial charge in [-0.3, -0.25) is 0 Å². The number of halogens is 2. The van der Waals surface area contributed by atoms with E-state index in [0.29, 0.717) is 17.0 Å². The fraction of sp³-hybridized carbons (Fsp3) is 0.467. The summed E-state index contributed by atoms with van der Waals surface area (Å²) in [6.45, 7) is 4.39. The van der Waals surface area contributed by atoms with Crippen LogP contribution in [0.4, 0.5) is 4.39 Å². The molecule has 0 aliphatic rings. The summed E-state index contributed by atoms with van der Waals surface area (Å²) >= 11 is 3.13. The SMILES string of the molecule is CC(C)CCOCN=C(N=C(N)c1ccc(Br)cc1F)S(C)(=O)=O. The number of rotatable bonds is 6. The van der Waals surface area contributed by atoms with Crippen molar-refractivity contribution in [2.24, 2.45) is 21.6 Å². The molecular formula is C15H21BrFN3O3S. The first-order valence-electron chi connectivity index (χ1n) is 7.23. The summed E-state index contributed by atoms with van der Waals surface area (Å²) in [5.74, 6) is -0.421. The van der Waals surface area contributed by atoms with Crippen molar-refractivity contribution in [3.05, 3.63) is 34.1 Å². The maximum Gasteiger partial charge on any atom is 0.246 e. The molecule has 1 rings (SSSR count). The fourth-order valence-electron chi connectivity index (χ4n) is 1.58. The van der Waals surface area contributed by atoms with Gasteiger partial charge in [0.2, 0.25) is 15.0 Å². The number of hydrogen-bond acceptors (Lipinski definition) is 4. The zero-order valence-electron chi connectivity index (χ0n) is 13.8. The summed E-state index contributed by atoms with van der Waals surface area (Å²) in [5.41, 5.74) is 5.72. The highest BCUT2D eigenvalue weighted by Crippen LogP contribution is 2.15. The summed E-state index contributed by atoms with van der Waals surface area (Å²) in [7, 11) is -3.72.